The van der Waals surface area contributed by atoms with Crippen LogP contribution in [0.4, 0.5) is 0 Å². The van der Waals surface area contributed by atoms with Gasteiger partial charge in [0.2, 0.25) is 0 Å². The molecule has 0 spiro atoms. The van der Waals surface area contributed by atoms with Gasteiger partial charge in [-0.3, -0.25) is 4.68 Å². The molecule has 1 aliphatic heterocycles. The fraction of sp³-hybridized carbons (Fsp3) is 0.786. The quantitative estimate of drug-likeness (QED) is 0.834. The van der Waals surface area contributed by atoms with Gasteiger partial charge in [-0.1, -0.05) is 13.8 Å². The van der Waals surface area contributed by atoms with Crippen LogP contribution in [0.3, 0.4) is 0 Å². The molecule has 0 amide bonds. The van der Waals surface area contributed by atoms with Crippen LogP contribution in [0.2, 0.25) is 0 Å². The Balaban J connectivity index is 2.22. The standard InChI is InChI=1S/C14H24BrN3O/c1-3-7-16-13(12-6-5-9-19-12)14-11(15)10-17-18(14)8-4-2/h10,12-13,16H,3-9H2,1-2H3. The number of aryl methyl sites for hydroxylation is 1. The first kappa shape index (κ1) is 15.0. The zero-order valence-corrected chi connectivity index (χ0v) is 13.4. The summed E-state index contributed by atoms with van der Waals surface area (Å²) in [6.45, 7) is 7.22. The van der Waals surface area contributed by atoms with Gasteiger partial charge in [0.1, 0.15) is 0 Å². The molecule has 108 valence electrons. The van der Waals surface area contributed by atoms with E-state index in [1.807, 2.05) is 6.20 Å². The molecule has 0 aliphatic carbocycles. The van der Waals surface area contributed by atoms with E-state index in [0.29, 0.717) is 0 Å². The van der Waals surface area contributed by atoms with Gasteiger partial charge in [0.05, 0.1) is 28.5 Å². The van der Waals surface area contributed by atoms with Crippen molar-refractivity contribution in [3.05, 3.63) is 16.4 Å². The summed E-state index contributed by atoms with van der Waals surface area (Å²) in [6, 6.07) is 0.242. The fourth-order valence-corrected chi connectivity index (χ4v) is 3.18. The van der Waals surface area contributed by atoms with E-state index in [1.54, 1.807) is 0 Å². The summed E-state index contributed by atoms with van der Waals surface area (Å²) < 4.78 is 9.10. The van der Waals surface area contributed by atoms with Crippen LogP contribution in [0.5, 0.6) is 0 Å². The van der Waals surface area contributed by atoms with Crippen LogP contribution in [-0.4, -0.2) is 29.0 Å². The lowest BCUT2D eigenvalue weighted by Gasteiger charge is -2.25. The van der Waals surface area contributed by atoms with E-state index in [0.717, 1.165) is 49.9 Å². The molecule has 2 atom stereocenters. The molecule has 0 aromatic carbocycles. The highest BCUT2D eigenvalue weighted by atomic mass is 79.9. The second-order valence-corrected chi connectivity index (χ2v) is 5.94. The van der Waals surface area contributed by atoms with Gasteiger partial charge in [0.15, 0.2) is 0 Å². The smallest absolute Gasteiger partial charge is 0.0786 e. The second kappa shape index (κ2) is 7.41. The summed E-state index contributed by atoms with van der Waals surface area (Å²) >= 11 is 3.65. The Bertz CT molecular complexity index is 388. The van der Waals surface area contributed by atoms with Crippen LogP contribution < -0.4 is 5.32 Å². The van der Waals surface area contributed by atoms with Crippen molar-refractivity contribution in [2.75, 3.05) is 13.2 Å². The summed E-state index contributed by atoms with van der Waals surface area (Å²) in [5, 5.41) is 8.12. The van der Waals surface area contributed by atoms with Gasteiger partial charge >= 0.3 is 0 Å². The van der Waals surface area contributed by atoms with Gasteiger partial charge in [-0.2, -0.15) is 5.10 Å². The van der Waals surface area contributed by atoms with Crippen molar-refractivity contribution in [3.63, 3.8) is 0 Å². The minimum atomic E-state index is 0.242. The Labute approximate surface area is 124 Å². The number of nitrogens with one attached hydrogen (secondary N) is 1. The molecule has 2 rings (SSSR count). The third-order valence-electron chi connectivity index (χ3n) is 3.51. The topological polar surface area (TPSA) is 39.1 Å². The van der Waals surface area contributed by atoms with Crippen molar-refractivity contribution >= 4 is 15.9 Å². The van der Waals surface area contributed by atoms with Gasteiger partial charge in [0.25, 0.3) is 0 Å². The first-order chi connectivity index (χ1) is 9.27. The Morgan fingerprint density at radius 3 is 3.00 bits per heavy atom. The van der Waals surface area contributed by atoms with E-state index in [2.05, 4.69) is 44.9 Å². The first-order valence-corrected chi connectivity index (χ1v) is 8.13. The van der Waals surface area contributed by atoms with E-state index in [1.165, 1.54) is 5.69 Å². The van der Waals surface area contributed by atoms with Crippen molar-refractivity contribution in [1.29, 1.82) is 0 Å². The van der Waals surface area contributed by atoms with Gasteiger partial charge in [0, 0.05) is 13.2 Å². The predicted octanol–water partition coefficient (Wildman–Crippen LogP) is 3.28. The number of ether oxygens (including phenoxy) is 1. The van der Waals surface area contributed by atoms with Gasteiger partial charge < -0.3 is 10.1 Å². The third kappa shape index (κ3) is 3.58. The van der Waals surface area contributed by atoms with Crippen molar-refractivity contribution in [3.8, 4) is 0 Å². The van der Waals surface area contributed by atoms with Gasteiger partial charge in [-0.15, -0.1) is 0 Å². The Kier molecular flexibility index (Phi) is 5.85. The molecule has 1 aromatic heterocycles. The van der Waals surface area contributed by atoms with E-state index >= 15 is 0 Å². The lowest BCUT2D eigenvalue weighted by molar-refractivity contribution is 0.0752. The molecular weight excluding hydrogens is 306 g/mol. The molecule has 1 aromatic rings. The summed E-state index contributed by atoms with van der Waals surface area (Å²) in [7, 11) is 0. The molecule has 0 radical (unpaired) electrons. The zero-order chi connectivity index (χ0) is 13.7. The summed E-state index contributed by atoms with van der Waals surface area (Å²) in [5.41, 5.74) is 1.24. The molecule has 0 saturated carbocycles. The maximum absolute atomic E-state index is 5.90. The van der Waals surface area contributed by atoms with E-state index < -0.39 is 0 Å². The van der Waals surface area contributed by atoms with Crippen LogP contribution in [0.15, 0.2) is 10.7 Å². The summed E-state index contributed by atoms with van der Waals surface area (Å²) in [6.07, 6.45) is 6.69. The van der Waals surface area contributed by atoms with Crippen LogP contribution in [-0.2, 0) is 11.3 Å². The Morgan fingerprint density at radius 2 is 2.37 bits per heavy atom. The molecule has 4 nitrogen and oxygen atoms in total. The van der Waals surface area contributed by atoms with Crippen LogP contribution in [0.1, 0.15) is 51.3 Å². The summed E-state index contributed by atoms with van der Waals surface area (Å²) in [4.78, 5) is 0. The average molecular weight is 330 g/mol. The van der Waals surface area contributed by atoms with Crippen molar-refractivity contribution in [2.45, 2.75) is 58.2 Å². The SMILES string of the molecule is CCCNC(c1c(Br)cnn1CCC)C1CCCO1. The van der Waals surface area contributed by atoms with E-state index in [-0.39, 0.29) is 12.1 Å². The molecule has 1 aliphatic rings. The van der Waals surface area contributed by atoms with Crippen LogP contribution in [0, 0.1) is 0 Å². The molecule has 0 bridgehead atoms. The predicted molar refractivity (Wildman–Crippen MR) is 80.2 cm³/mol. The number of aromatic nitrogens is 2. The Hall–Kier alpha value is -0.390. The molecule has 1 fully saturated rings. The highest BCUT2D eigenvalue weighted by Crippen LogP contribution is 2.31. The van der Waals surface area contributed by atoms with Crippen LogP contribution >= 0.6 is 15.9 Å². The summed E-state index contributed by atoms with van der Waals surface area (Å²) in [5.74, 6) is 0. The molecule has 5 heteroatoms. The normalized spacial score (nSPS) is 20.9. The van der Waals surface area contributed by atoms with Crippen molar-refractivity contribution in [2.24, 2.45) is 0 Å². The fourth-order valence-electron chi connectivity index (χ4n) is 2.64. The number of hydrogen-bond acceptors (Lipinski definition) is 3. The van der Waals surface area contributed by atoms with Crippen LogP contribution in [0.25, 0.3) is 0 Å². The molecule has 2 unspecified atom stereocenters. The zero-order valence-electron chi connectivity index (χ0n) is 11.9. The molecule has 1 saturated heterocycles. The minimum Gasteiger partial charge on any atom is -0.376 e. The molecule has 1 N–H and O–H groups in total. The number of halogens is 1. The highest BCUT2D eigenvalue weighted by Gasteiger charge is 2.30. The van der Waals surface area contributed by atoms with Gasteiger partial charge in [-0.25, -0.2) is 0 Å². The van der Waals surface area contributed by atoms with Crippen molar-refractivity contribution < 1.29 is 4.74 Å². The maximum Gasteiger partial charge on any atom is 0.0786 e. The van der Waals surface area contributed by atoms with E-state index in [4.69, 9.17) is 4.74 Å². The molecule has 19 heavy (non-hydrogen) atoms. The van der Waals surface area contributed by atoms with Crippen molar-refractivity contribution in [1.82, 2.24) is 15.1 Å². The number of hydrogen-bond donors (Lipinski definition) is 1. The Morgan fingerprint density at radius 1 is 1.53 bits per heavy atom. The van der Waals surface area contributed by atoms with Gasteiger partial charge in [-0.05, 0) is 48.2 Å². The lowest BCUT2D eigenvalue weighted by atomic mass is 10.0. The largest absolute Gasteiger partial charge is 0.376 e. The second-order valence-electron chi connectivity index (χ2n) is 5.08. The minimum absolute atomic E-state index is 0.242. The number of rotatable bonds is 7. The van der Waals surface area contributed by atoms with E-state index in [9.17, 15) is 0 Å². The molecule has 2 heterocycles. The lowest BCUT2D eigenvalue weighted by Crippen LogP contribution is -2.34. The first-order valence-electron chi connectivity index (χ1n) is 7.34. The highest BCUT2D eigenvalue weighted by molar-refractivity contribution is 9.10. The average Bonchev–Trinajstić information content (AvgIpc) is 3.03. The monoisotopic (exact) mass is 329 g/mol. The third-order valence-corrected chi connectivity index (χ3v) is 4.13. The maximum atomic E-state index is 5.90. The molecular formula is C14H24BrN3O. The number of nitrogens with zero attached hydrogens (tertiary/aromatic N) is 2.